The van der Waals surface area contributed by atoms with Gasteiger partial charge in [0.25, 0.3) is 0 Å². The average molecular weight is 232 g/mol. The summed E-state index contributed by atoms with van der Waals surface area (Å²) in [5.41, 5.74) is 0. The number of carboxylic acids is 2. The highest BCUT2D eigenvalue weighted by Crippen LogP contribution is 1.95. The van der Waals surface area contributed by atoms with Crippen LogP contribution in [-0.4, -0.2) is 72.2 Å². The molecule has 0 aromatic heterocycles. The Kier molecular flexibility index (Phi) is 7.49. The number of likely N-dealkylation sites (N-methyl/N-ethyl adjacent to an activating group) is 1. The zero-order valence-electron chi connectivity index (χ0n) is 9.85. The lowest BCUT2D eigenvalue weighted by Crippen LogP contribution is -2.34. The van der Waals surface area contributed by atoms with E-state index in [0.29, 0.717) is 19.6 Å². The third-order valence-electron chi connectivity index (χ3n) is 2.15. The molecule has 0 aliphatic rings. The summed E-state index contributed by atoms with van der Waals surface area (Å²) in [7, 11) is 3.85. The summed E-state index contributed by atoms with van der Waals surface area (Å²) in [6.45, 7) is 2.28. The van der Waals surface area contributed by atoms with Crippen molar-refractivity contribution in [2.24, 2.45) is 0 Å². The van der Waals surface area contributed by atoms with Gasteiger partial charge in [0.2, 0.25) is 0 Å². The summed E-state index contributed by atoms with van der Waals surface area (Å²) < 4.78 is 0. The highest BCUT2D eigenvalue weighted by molar-refractivity contribution is 5.67. The maximum atomic E-state index is 10.4. The van der Waals surface area contributed by atoms with E-state index in [1.807, 2.05) is 23.9 Å². The molecule has 0 heterocycles. The van der Waals surface area contributed by atoms with Gasteiger partial charge in [-0.3, -0.25) is 9.59 Å². The van der Waals surface area contributed by atoms with Crippen molar-refractivity contribution in [2.45, 2.75) is 12.8 Å². The van der Waals surface area contributed by atoms with Crippen LogP contribution in [0.2, 0.25) is 0 Å². The zero-order valence-corrected chi connectivity index (χ0v) is 9.85. The van der Waals surface area contributed by atoms with Gasteiger partial charge in [0, 0.05) is 26.2 Å². The molecule has 0 atom stereocenters. The van der Waals surface area contributed by atoms with Gasteiger partial charge in [-0.15, -0.1) is 0 Å². The van der Waals surface area contributed by atoms with Crippen molar-refractivity contribution in [1.29, 1.82) is 0 Å². The second kappa shape index (κ2) is 8.06. The van der Waals surface area contributed by atoms with Gasteiger partial charge in [0.05, 0.1) is 12.8 Å². The molecule has 2 N–H and O–H groups in total. The first-order chi connectivity index (χ1) is 7.41. The number of rotatable bonds is 9. The molecule has 0 aromatic carbocycles. The van der Waals surface area contributed by atoms with Gasteiger partial charge in [-0.2, -0.15) is 0 Å². The van der Waals surface area contributed by atoms with Gasteiger partial charge in [-0.1, -0.05) is 0 Å². The molecule has 0 saturated heterocycles. The van der Waals surface area contributed by atoms with Crippen LogP contribution in [-0.2, 0) is 9.59 Å². The number of aliphatic carboxylic acids is 2. The highest BCUT2D eigenvalue weighted by atomic mass is 16.4. The van der Waals surface area contributed by atoms with Crippen molar-refractivity contribution < 1.29 is 19.8 Å². The van der Waals surface area contributed by atoms with Gasteiger partial charge >= 0.3 is 11.9 Å². The molecule has 94 valence electrons. The Hall–Kier alpha value is -1.14. The lowest BCUT2D eigenvalue weighted by atomic mass is 10.3. The van der Waals surface area contributed by atoms with E-state index in [4.69, 9.17) is 10.2 Å². The first-order valence-corrected chi connectivity index (χ1v) is 5.22. The average Bonchev–Trinajstić information content (AvgIpc) is 2.15. The molecule has 16 heavy (non-hydrogen) atoms. The molecule has 0 aliphatic heterocycles. The van der Waals surface area contributed by atoms with Gasteiger partial charge in [0.15, 0.2) is 0 Å². The molecular formula is C10H20N2O4. The minimum atomic E-state index is -0.856. The SMILES string of the molecule is CN(C)CCN(CCC(=O)O)CCC(=O)O. The summed E-state index contributed by atoms with van der Waals surface area (Å²) in [5, 5.41) is 17.1. The molecule has 0 bridgehead atoms. The van der Waals surface area contributed by atoms with Crippen molar-refractivity contribution in [3.63, 3.8) is 0 Å². The zero-order chi connectivity index (χ0) is 12.6. The first kappa shape index (κ1) is 14.9. The van der Waals surface area contributed by atoms with Gasteiger partial charge < -0.3 is 20.0 Å². The molecule has 0 aliphatic carbocycles. The topological polar surface area (TPSA) is 81.1 Å². The minimum Gasteiger partial charge on any atom is -0.481 e. The Bertz CT molecular complexity index is 213. The van der Waals surface area contributed by atoms with Gasteiger partial charge in [-0.25, -0.2) is 0 Å². The summed E-state index contributed by atoms with van der Waals surface area (Å²) in [4.78, 5) is 24.7. The van der Waals surface area contributed by atoms with E-state index in [1.165, 1.54) is 0 Å². The van der Waals surface area contributed by atoms with E-state index in [-0.39, 0.29) is 12.8 Å². The van der Waals surface area contributed by atoms with E-state index in [0.717, 1.165) is 6.54 Å². The molecule has 0 unspecified atom stereocenters. The molecule has 0 saturated carbocycles. The summed E-state index contributed by atoms with van der Waals surface area (Å²) >= 11 is 0. The smallest absolute Gasteiger partial charge is 0.304 e. The van der Waals surface area contributed by atoms with Crippen molar-refractivity contribution in [1.82, 2.24) is 9.80 Å². The fourth-order valence-corrected chi connectivity index (χ4v) is 1.18. The highest BCUT2D eigenvalue weighted by Gasteiger charge is 2.09. The fraction of sp³-hybridized carbons (Fsp3) is 0.800. The second-order valence-electron chi connectivity index (χ2n) is 3.93. The van der Waals surface area contributed by atoms with Crippen LogP contribution in [0, 0.1) is 0 Å². The van der Waals surface area contributed by atoms with E-state index in [2.05, 4.69) is 0 Å². The Morgan fingerprint density at radius 1 is 0.875 bits per heavy atom. The Balaban J connectivity index is 3.94. The van der Waals surface area contributed by atoms with Crippen molar-refractivity contribution in [3.05, 3.63) is 0 Å². The van der Waals surface area contributed by atoms with E-state index in [1.54, 1.807) is 0 Å². The standard InChI is InChI=1S/C10H20N2O4/c1-11(2)7-8-12(5-3-9(13)14)6-4-10(15)16/h3-8H2,1-2H3,(H,13,14)(H,15,16). The molecule has 0 rings (SSSR count). The third kappa shape index (κ3) is 9.42. The maximum absolute atomic E-state index is 10.4. The van der Waals surface area contributed by atoms with E-state index >= 15 is 0 Å². The van der Waals surface area contributed by atoms with E-state index in [9.17, 15) is 9.59 Å². The molecular weight excluding hydrogens is 212 g/mol. The number of hydrogen-bond donors (Lipinski definition) is 2. The van der Waals surface area contributed by atoms with Gasteiger partial charge in [0.1, 0.15) is 0 Å². The Morgan fingerprint density at radius 3 is 1.62 bits per heavy atom. The van der Waals surface area contributed by atoms with Crippen LogP contribution in [0.4, 0.5) is 0 Å². The molecule has 0 spiro atoms. The number of carboxylic acid groups (broad SMARTS) is 2. The fourth-order valence-electron chi connectivity index (χ4n) is 1.18. The van der Waals surface area contributed by atoms with Crippen LogP contribution < -0.4 is 0 Å². The molecule has 0 aromatic rings. The summed E-state index contributed by atoms with van der Waals surface area (Å²) in [5.74, 6) is -1.71. The number of carbonyl (C=O) groups is 2. The minimum absolute atomic E-state index is 0.0487. The Labute approximate surface area is 95.5 Å². The van der Waals surface area contributed by atoms with Gasteiger partial charge in [-0.05, 0) is 14.1 Å². The molecule has 0 radical (unpaired) electrons. The van der Waals surface area contributed by atoms with Crippen LogP contribution >= 0.6 is 0 Å². The monoisotopic (exact) mass is 232 g/mol. The first-order valence-electron chi connectivity index (χ1n) is 5.22. The second-order valence-corrected chi connectivity index (χ2v) is 3.93. The quantitative estimate of drug-likeness (QED) is 0.573. The van der Waals surface area contributed by atoms with Crippen LogP contribution in [0.5, 0.6) is 0 Å². The maximum Gasteiger partial charge on any atom is 0.304 e. The summed E-state index contributed by atoms with van der Waals surface area (Å²) in [6.07, 6.45) is 0.0973. The van der Waals surface area contributed by atoms with Crippen molar-refractivity contribution in [2.75, 3.05) is 40.3 Å². The molecule has 6 nitrogen and oxygen atoms in total. The predicted molar refractivity (Wildman–Crippen MR) is 59.5 cm³/mol. The Morgan fingerprint density at radius 2 is 1.31 bits per heavy atom. The predicted octanol–water partition coefficient (Wildman–Crippen LogP) is -0.201. The summed E-state index contributed by atoms with van der Waals surface area (Å²) in [6, 6.07) is 0. The molecule has 0 fully saturated rings. The largest absolute Gasteiger partial charge is 0.481 e. The molecule has 6 heteroatoms. The van der Waals surface area contributed by atoms with Crippen LogP contribution in [0.1, 0.15) is 12.8 Å². The number of hydrogen-bond acceptors (Lipinski definition) is 4. The van der Waals surface area contributed by atoms with Crippen LogP contribution in [0.3, 0.4) is 0 Å². The molecule has 0 amide bonds. The lowest BCUT2D eigenvalue weighted by molar-refractivity contribution is -0.137. The number of nitrogens with zero attached hydrogens (tertiary/aromatic N) is 2. The third-order valence-corrected chi connectivity index (χ3v) is 2.15. The lowest BCUT2D eigenvalue weighted by Gasteiger charge is -2.22. The van der Waals surface area contributed by atoms with Crippen molar-refractivity contribution >= 4 is 11.9 Å². The van der Waals surface area contributed by atoms with Crippen molar-refractivity contribution in [3.8, 4) is 0 Å². The van der Waals surface area contributed by atoms with E-state index < -0.39 is 11.9 Å². The van der Waals surface area contributed by atoms with Crippen LogP contribution in [0.25, 0.3) is 0 Å². The normalized spacial score (nSPS) is 11.0. The van der Waals surface area contributed by atoms with Crippen LogP contribution in [0.15, 0.2) is 0 Å².